The Morgan fingerprint density at radius 3 is 2.63 bits per heavy atom. The molecule has 0 aromatic rings. The highest BCUT2D eigenvalue weighted by Crippen LogP contribution is 2.23. The van der Waals surface area contributed by atoms with Crippen molar-refractivity contribution in [3.63, 3.8) is 0 Å². The summed E-state index contributed by atoms with van der Waals surface area (Å²) in [6.45, 7) is 10.6. The number of carbonyl (C=O) groups excluding carboxylic acids is 1. The number of hydrogen-bond donors (Lipinski definition) is 2. The lowest BCUT2D eigenvalue weighted by Crippen LogP contribution is -2.50. The van der Waals surface area contributed by atoms with Gasteiger partial charge in [-0.25, -0.2) is 0 Å². The molecule has 1 aliphatic rings. The fourth-order valence-corrected chi connectivity index (χ4v) is 2.85. The van der Waals surface area contributed by atoms with Crippen LogP contribution in [-0.2, 0) is 4.79 Å². The highest BCUT2D eigenvalue weighted by Gasteiger charge is 2.31. The van der Waals surface area contributed by atoms with E-state index in [0.717, 1.165) is 25.9 Å². The third-order valence-electron chi connectivity index (χ3n) is 4.25. The molecule has 0 aliphatic carbocycles. The molecule has 0 aromatic carbocycles. The molecule has 112 valence electrons. The molecule has 1 heterocycles. The van der Waals surface area contributed by atoms with E-state index in [9.17, 15) is 4.79 Å². The summed E-state index contributed by atoms with van der Waals surface area (Å²) in [6.07, 6.45) is 1.91. The third-order valence-corrected chi connectivity index (χ3v) is 4.25. The molecule has 1 amide bonds. The predicted octanol–water partition coefficient (Wildman–Crippen LogP) is 1.47. The molecule has 3 atom stereocenters. The van der Waals surface area contributed by atoms with Gasteiger partial charge in [-0.1, -0.05) is 13.8 Å². The highest BCUT2D eigenvalue weighted by atomic mass is 16.1. The maximum absolute atomic E-state index is 12.3. The van der Waals surface area contributed by atoms with Crippen LogP contribution in [0.4, 0.5) is 0 Å². The molecule has 0 spiro atoms. The number of nitrogens with one attached hydrogen (secondary N) is 2. The summed E-state index contributed by atoms with van der Waals surface area (Å²) >= 11 is 0. The molecule has 0 saturated carbocycles. The van der Waals surface area contributed by atoms with Crippen molar-refractivity contribution >= 4 is 5.91 Å². The number of carbonyl (C=O) groups is 1. The average molecular weight is 269 g/mol. The smallest absolute Gasteiger partial charge is 0.223 e. The first-order valence-electron chi connectivity index (χ1n) is 7.41. The second-order valence-corrected chi connectivity index (χ2v) is 7.03. The topological polar surface area (TPSA) is 44.4 Å². The number of rotatable bonds is 5. The van der Waals surface area contributed by atoms with Crippen LogP contribution in [0.2, 0.25) is 0 Å². The molecule has 1 aliphatic heterocycles. The van der Waals surface area contributed by atoms with E-state index in [1.54, 1.807) is 0 Å². The zero-order chi connectivity index (χ0) is 14.6. The van der Waals surface area contributed by atoms with Crippen LogP contribution in [-0.4, -0.2) is 50.1 Å². The number of hydrogen-bond acceptors (Lipinski definition) is 3. The molecule has 4 nitrogen and oxygen atoms in total. The molecular weight excluding hydrogens is 238 g/mol. The van der Waals surface area contributed by atoms with Gasteiger partial charge in [0.1, 0.15) is 0 Å². The van der Waals surface area contributed by atoms with Crippen LogP contribution < -0.4 is 10.6 Å². The standard InChI is InChI=1S/C15H31N3O/c1-11-9-13(7-8-16-11)14(19)17-12(2)15(3,4)10-18(5)6/h11-13,16H,7-10H2,1-6H3,(H,17,19)/t11-,12?,13-/m0/s1. The largest absolute Gasteiger partial charge is 0.353 e. The van der Waals surface area contributed by atoms with Gasteiger partial charge in [-0.05, 0) is 52.7 Å². The van der Waals surface area contributed by atoms with Gasteiger partial charge in [0.05, 0.1) is 0 Å². The summed E-state index contributed by atoms with van der Waals surface area (Å²) in [5.74, 6) is 0.404. The Morgan fingerprint density at radius 1 is 1.47 bits per heavy atom. The Bertz CT molecular complexity index is 302. The molecule has 1 saturated heterocycles. The second-order valence-electron chi connectivity index (χ2n) is 7.03. The number of nitrogens with zero attached hydrogens (tertiary/aromatic N) is 1. The van der Waals surface area contributed by atoms with Gasteiger partial charge in [0.15, 0.2) is 0 Å². The Kier molecular flexibility index (Phi) is 5.81. The molecule has 0 radical (unpaired) electrons. The molecule has 0 bridgehead atoms. The van der Waals surface area contributed by atoms with Crippen molar-refractivity contribution in [1.82, 2.24) is 15.5 Å². The van der Waals surface area contributed by atoms with Crippen LogP contribution in [0.3, 0.4) is 0 Å². The molecule has 4 heteroatoms. The molecule has 1 fully saturated rings. The van der Waals surface area contributed by atoms with Crippen molar-refractivity contribution < 1.29 is 4.79 Å². The van der Waals surface area contributed by atoms with Gasteiger partial charge in [-0.2, -0.15) is 0 Å². The molecule has 1 rings (SSSR count). The van der Waals surface area contributed by atoms with E-state index in [2.05, 4.69) is 57.3 Å². The summed E-state index contributed by atoms with van der Waals surface area (Å²) in [4.78, 5) is 14.5. The van der Waals surface area contributed by atoms with Crippen LogP contribution in [0.1, 0.15) is 40.5 Å². The van der Waals surface area contributed by atoms with E-state index in [0.29, 0.717) is 6.04 Å². The van der Waals surface area contributed by atoms with Crippen molar-refractivity contribution in [2.75, 3.05) is 27.2 Å². The Morgan fingerprint density at radius 2 is 2.11 bits per heavy atom. The first-order valence-corrected chi connectivity index (χ1v) is 7.41. The fourth-order valence-electron chi connectivity index (χ4n) is 2.85. The highest BCUT2D eigenvalue weighted by molar-refractivity contribution is 5.79. The normalized spacial score (nSPS) is 26.3. The summed E-state index contributed by atoms with van der Waals surface area (Å²) in [7, 11) is 4.15. The summed E-state index contributed by atoms with van der Waals surface area (Å²) in [5.41, 5.74) is 0.0810. The minimum atomic E-state index is 0.0810. The third kappa shape index (κ3) is 5.11. The Balaban J connectivity index is 2.51. The predicted molar refractivity (Wildman–Crippen MR) is 80.1 cm³/mol. The van der Waals surface area contributed by atoms with Crippen molar-refractivity contribution in [2.45, 2.75) is 52.6 Å². The Labute approximate surface area is 118 Å². The van der Waals surface area contributed by atoms with Gasteiger partial charge in [0.25, 0.3) is 0 Å². The molecule has 19 heavy (non-hydrogen) atoms. The van der Waals surface area contributed by atoms with Gasteiger partial charge in [0, 0.05) is 24.5 Å². The van der Waals surface area contributed by atoms with Crippen LogP contribution in [0, 0.1) is 11.3 Å². The van der Waals surface area contributed by atoms with Crippen LogP contribution >= 0.6 is 0 Å². The van der Waals surface area contributed by atoms with E-state index in [1.165, 1.54) is 0 Å². The van der Waals surface area contributed by atoms with Gasteiger partial charge < -0.3 is 15.5 Å². The van der Waals surface area contributed by atoms with Crippen molar-refractivity contribution in [2.24, 2.45) is 11.3 Å². The lowest BCUT2D eigenvalue weighted by Gasteiger charge is -2.36. The molecular formula is C15H31N3O. The molecule has 0 aromatic heterocycles. The lowest BCUT2D eigenvalue weighted by molar-refractivity contribution is -0.127. The number of piperidine rings is 1. The molecule has 1 unspecified atom stereocenters. The second kappa shape index (κ2) is 6.71. The Hall–Kier alpha value is -0.610. The quantitative estimate of drug-likeness (QED) is 0.794. The molecule has 2 N–H and O–H groups in total. The summed E-state index contributed by atoms with van der Waals surface area (Å²) in [5, 5.41) is 6.61. The van der Waals surface area contributed by atoms with E-state index < -0.39 is 0 Å². The SMILES string of the molecule is CC(NC(=O)[C@H]1CCN[C@@H](C)C1)C(C)(C)CN(C)C. The van der Waals surface area contributed by atoms with Gasteiger partial charge in [-0.15, -0.1) is 0 Å². The van der Waals surface area contributed by atoms with E-state index in [4.69, 9.17) is 0 Å². The summed E-state index contributed by atoms with van der Waals surface area (Å²) in [6, 6.07) is 0.641. The minimum Gasteiger partial charge on any atom is -0.353 e. The van der Waals surface area contributed by atoms with E-state index >= 15 is 0 Å². The first kappa shape index (κ1) is 16.4. The van der Waals surface area contributed by atoms with Crippen molar-refractivity contribution in [3.05, 3.63) is 0 Å². The van der Waals surface area contributed by atoms with Crippen molar-refractivity contribution in [3.8, 4) is 0 Å². The minimum absolute atomic E-state index is 0.0810. The zero-order valence-electron chi connectivity index (χ0n) is 13.4. The van der Waals surface area contributed by atoms with Crippen LogP contribution in [0.15, 0.2) is 0 Å². The van der Waals surface area contributed by atoms with Crippen molar-refractivity contribution in [1.29, 1.82) is 0 Å². The van der Waals surface area contributed by atoms with Gasteiger partial charge >= 0.3 is 0 Å². The first-order chi connectivity index (χ1) is 8.72. The average Bonchev–Trinajstić information content (AvgIpc) is 2.27. The zero-order valence-corrected chi connectivity index (χ0v) is 13.4. The fraction of sp³-hybridized carbons (Fsp3) is 0.933. The lowest BCUT2D eigenvalue weighted by atomic mass is 9.84. The number of amides is 1. The van der Waals surface area contributed by atoms with Crippen LogP contribution in [0.25, 0.3) is 0 Å². The van der Waals surface area contributed by atoms with E-state index in [-0.39, 0.29) is 23.3 Å². The monoisotopic (exact) mass is 269 g/mol. The summed E-state index contributed by atoms with van der Waals surface area (Å²) < 4.78 is 0. The van der Waals surface area contributed by atoms with Gasteiger partial charge in [0.2, 0.25) is 5.91 Å². The van der Waals surface area contributed by atoms with E-state index in [1.807, 2.05) is 0 Å². The van der Waals surface area contributed by atoms with Crippen LogP contribution in [0.5, 0.6) is 0 Å². The maximum Gasteiger partial charge on any atom is 0.223 e. The maximum atomic E-state index is 12.3. The van der Waals surface area contributed by atoms with Gasteiger partial charge in [-0.3, -0.25) is 4.79 Å².